The van der Waals surface area contributed by atoms with Crippen molar-refractivity contribution in [3.63, 3.8) is 0 Å². The molecule has 0 amide bonds. The molecule has 0 aromatic heterocycles. The molecule has 0 bridgehead atoms. The molecule has 0 unspecified atom stereocenters. The van der Waals surface area contributed by atoms with Crippen LogP contribution >= 0.6 is 0 Å². The van der Waals surface area contributed by atoms with Gasteiger partial charge in [0.25, 0.3) is 0 Å². The van der Waals surface area contributed by atoms with Gasteiger partial charge in [-0.25, -0.2) is 5.01 Å². The molecule has 1 rings (SSSR count). The van der Waals surface area contributed by atoms with Gasteiger partial charge in [0.2, 0.25) is 0 Å². The van der Waals surface area contributed by atoms with Gasteiger partial charge in [-0.05, 0) is 26.3 Å². The van der Waals surface area contributed by atoms with Crippen molar-refractivity contribution < 1.29 is 0 Å². The molecule has 0 spiro atoms. The zero-order chi connectivity index (χ0) is 10.8. The van der Waals surface area contributed by atoms with Gasteiger partial charge >= 0.3 is 0 Å². The van der Waals surface area contributed by atoms with Crippen LogP contribution in [0, 0.1) is 5.41 Å². The number of hydrogen-bond acceptors (Lipinski definition) is 3. The minimum absolute atomic E-state index is 0.379. The minimum atomic E-state index is 0.379. The van der Waals surface area contributed by atoms with Crippen molar-refractivity contribution in [3.05, 3.63) is 0 Å². The van der Waals surface area contributed by atoms with Crippen molar-refractivity contribution in [1.29, 1.82) is 0 Å². The first-order valence-electron chi connectivity index (χ1n) is 5.61. The second-order valence-corrected chi connectivity index (χ2v) is 5.37. The summed E-state index contributed by atoms with van der Waals surface area (Å²) in [5.74, 6) is 0. The number of hydrogen-bond donors (Lipinski definition) is 1. The molecular formula is C11H25N3. The van der Waals surface area contributed by atoms with E-state index in [1.54, 1.807) is 0 Å². The molecule has 1 N–H and O–H groups in total. The first-order chi connectivity index (χ1) is 6.44. The highest BCUT2D eigenvalue weighted by Crippen LogP contribution is 2.22. The fraction of sp³-hybridized carbons (Fsp3) is 1.00. The van der Waals surface area contributed by atoms with Crippen molar-refractivity contribution in [2.24, 2.45) is 5.41 Å². The number of hydrazine groups is 1. The largest absolute Gasteiger partial charge is 0.299 e. The first kappa shape index (κ1) is 12.0. The van der Waals surface area contributed by atoms with E-state index in [1.807, 2.05) is 7.05 Å². The number of nitrogens with zero attached hydrogens (tertiary/aromatic N) is 2. The second-order valence-electron chi connectivity index (χ2n) is 5.37. The third kappa shape index (κ3) is 3.23. The molecule has 84 valence electrons. The standard InChI is InChI=1S/C11H25N3/c1-10(2)13-6-7-14(12-5)9-11(3,4)8-13/h10,12H,6-9H2,1-5H3. The van der Waals surface area contributed by atoms with Crippen LogP contribution in [0.3, 0.4) is 0 Å². The summed E-state index contributed by atoms with van der Waals surface area (Å²) in [7, 11) is 2.01. The third-order valence-electron chi connectivity index (χ3n) is 2.95. The van der Waals surface area contributed by atoms with Crippen LogP contribution in [0.4, 0.5) is 0 Å². The van der Waals surface area contributed by atoms with Crippen LogP contribution in [0.1, 0.15) is 27.7 Å². The summed E-state index contributed by atoms with van der Waals surface area (Å²) in [5.41, 5.74) is 3.64. The van der Waals surface area contributed by atoms with Crippen molar-refractivity contribution in [2.45, 2.75) is 33.7 Å². The van der Waals surface area contributed by atoms with Crippen LogP contribution in [0.2, 0.25) is 0 Å². The Labute approximate surface area is 88.4 Å². The lowest BCUT2D eigenvalue weighted by atomic mass is 9.92. The summed E-state index contributed by atoms with van der Waals surface area (Å²) in [4.78, 5) is 2.57. The SMILES string of the molecule is CNN1CCN(C(C)C)CC(C)(C)C1. The van der Waals surface area contributed by atoms with Gasteiger partial charge in [0, 0.05) is 32.2 Å². The zero-order valence-electron chi connectivity index (χ0n) is 10.3. The van der Waals surface area contributed by atoms with E-state index in [0.29, 0.717) is 11.5 Å². The maximum atomic E-state index is 3.27. The lowest BCUT2D eigenvalue weighted by Crippen LogP contribution is -2.42. The van der Waals surface area contributed by atoms with Crippen molar-refractivity contribution >= 4 is 0 Å². The van der Waals surface area contributed by atoms with E-state index in [0.717, 1.165) is 13.1 Å². The molecular weight excluding hydrogens is 174 g/mol. The Morgan fingerprint density at radius 1 is 1.14 bits per heavy atom. The van der Waals surface area contributed by atoms with E-state index < -0.39 is 0 Å². The fourth-order valence-corrected chi connectivity index (χ4v) is 2.16. The van der Waals surface area contributed by atoms with Crippen LogP contribution < -0.4 is 5.43 Å². The molecule has 0 radical (unpaired) electrons. The van der Waals surface area contributed by atoms with Gasteiger partial charge in [-0.1, -0.05) is 13.8 Å². The van der Waals surface area contributed by atoms with Crippen LogP contribution in [0.5, 0.6) is 0 Å². The highest BCUT2D eigenvalue weighted by atomic mass is 15.5. The van der Waals surface area contributed by atoms with E-state index in [1.165, 1.54) is 13.1 Å². The Bertz CT molecular complexity index is 177. The third-order valence-corrected chi connectivity index (χ3v) is 2.95. The highest BCUT2D eigenvalue weighted by molar-refractivity contribution is 4.82. The average Bonchev–Trinajstić information content (AvgIpc) is 2.23. The summed E-state index contributed by atoms with van der Waals surface area (Å²) in [6.45, 7) is 13.9. The van der Waals surface area contributed by atoms with E-state index in [2.05, 4.69) is 43.0 Å². The molecule has 3 nitrogen and oxygen atoms in total. The minimum Gasteiger partial charge on any atom is -0.299 e. The first-order valence-corrected chi connectivity index (χ1v) is 5.61. The molecule has 1 aliphatic rings. The monoisotopic (exact) mass is 199 g/mol. The van der Waals surface area contributed by atoms with Crippen molar-refractivity contribution in [1.82, 2.24) is 15.3 Å². The maximum absolute atomic E-state index is 3.27. The zero-order valence-corrected chi connectivity index (χ0v) is 10.3. The Hall–Kier alpha value is -0.120. The lowest BCUT2D eigenvalue weighted by molar-refractivity contribution is 0.147. The quantitative estimate of drug-likeness (QED) is 0.720. The predicted molar refractivity (Wildman–Crippen MR) is 61.1 cm³/mol. The van der Waals surface area contributed by atoms with Crippen LogP contribution in [-0.4, -0.2) is 49.2 Å². The van der Waals surface area contributed by atoms with Crippen molar-refractivity contribution in [2.75, 3.05) is 33.2 Å². The van der Waals surface area contributed by atoms with Gasteiger partial charge < -0.3 is 0 Å². The van der Waals surface area contributed by atoms with Gasteiger partial charge in [0.05, 0.1) is 0 Å². The maximum Gasteiger partial charge on any atom is 0.0259 e. The summed E-state index contributed by atoms with van der Waals surface area (Å²) in [6, 6.07) is 0.658. The molecule has 1 aliphatic heterocycles. The molecule has 14 heavy (non-hydrogen) atoms. The smallest absolute Gasteiger partial charge is 0.0259 e. The molecule has 0 atom stereocenters. The molecule has 0 aromatic rings. The van der Waals surface area contributed by atoms with E-state index in [4.69, 9.17) is 0 Å². The molecule has 0 aliphatic carbocycles. The van der Waals surface area contributed by atoms with Gasteiger partial charge in [-0.3, -0.25) is 10.3 Å². The molecule has 1 heterocycles. The van der Waals surface area contributed by atoms with E-state index >= 15 is 0 Å². The van der Waals surface area contributed by atoms with E-state index in [9.17, 15) is 0 Å². The lowest BCUT2D eigenvalue weighted by Gasteiger charge is -2.32. The summed E-state index contributed by atoms with van der Waals surface area (Å²) in [5, 5.41) is 2.32. The highest BCUT2D eigenvalue weighted by Gasteiger charge is 2.29. The Balaban J connectivity index is 2.63. The molecule has 0 aromatic carbocycles. The fourth-order valence-electron chi connectivity index (χ4n) is 2.16. The average molecular weight is 199 g/mol. The summed E-state index contributed by atoms with van der Waals surface area (Å²) < 4.78 is 0. The normalized spacial score (nSPS) is 25.3. The molecule has 1 fully saturated rings. The van der Waals surface area contributed by atoms with Crippen LogP contribution in [0.15, 0.2) is 0 Å². The number of nitrogens with one attached hydrogen (secondary N) is 1. The van der Waals surface area contributed by atoms with Crippen LogP contribution in [0.25, 0.3) is 0 Å². The second kappa shape index (κ2) is 4.60. The molecule has 3 heteroatoms. The Kier molecular flexibility index (Phi) is 3.93. The summed E-state index contributed by atoms with van der Waals surface area (Å²) in [6.07, 6.45) is 0. The van der Waals surface area contributed by atoms with Gasteiger partial charge in [-0.2, -0.15) is 0 Å². The summed E-state index contributed by atoms with van der Waals surface area (Å²) >= 11 is 0. The predicted octanol–water partition coefficient (Wildman–Crippen LogP) is 1.17. The van der Waals surface area contributed by atoms with Crippen LogP contribution in [-0.2, 0) is 0 Å². The molecule has 1 saturated heterocycles. The topological polar surface area (TPSA) is 18.5 Å². The molecule has 0 saturated carbocycles. The van der Waals surface area contributed by atoms with Gasteiger partial charge in [-0.15, -0.1) is 0 Å². The van der Waals surface area contributed by atoms with Crippen molar-refractivity contribution in [3.8, 4) is 0 Å². The Morgan fingerprint density at radius 2 is 1.79 bits per heavy atom. The number of rotatable bonds is 2. The van der Waals surface area contributed by atoms with E-state index in [-0.39, 0.29) is 0 Å². The Morgan fingerprint density at radius 3 is 2.29 bits per heavy atom. The van der Waals surface area contributed by atoms with Gasteiger partial charge in [0.1, 0.15) is 0 Å². The van der Waals surface area contributed by atoms with Gasteiger partial charge in [0.15, 0.2) is 0 Å².